The molecular weight excluding hydrogens is 349 g/mol. The number of halogens is 6. The molecule has 132 valence electrons. The molecule has 1 rings (SSSR count). The Labute approximate surface area is 135 Å². The number of alkyl halides is 5. The molecule has 4 nitrogen and oxygen atoms in total. The molecule has 0 saturated heterocycles. The number of benzene rings is 1. The zero-order chi connectivity index (χ0) is 16.9. The van der Waals surface area contributed by atoms with Crippen LogP contribution >= 0.6 is 12.4 Å². The normalized spacial score (nSPS) is 13.9. The number of esters is 1. The lowest BCUT2D eigenvalue weighted by atomic mass is 10.0. The summed E-state index contributed by atoms with van der Waals surface area (Å²) in [7, 11) is 0. The summed E-state index contributed by atoms with van der Waals surface area (Å²) in [5, 5.41) is 0. The van der Waals surface area contributed by atoms with E-state index in [1.54, 1.807) is 0 Å². The van der Waals surface area contributed by atoms with Crippen LogP contribution in [-0.4, -0.2) is 31.3 Å². The number of ether oxygens (including phenoxy) is 2. The molecule has 23 heavy (non-hydrogen) atoms. The van der Waals surface area contributed by atoms with Crippen molar-refractivity contribution < 1.29 is 36.2 Å². The van der Waals surface area contributed by atoms with E-state index < -0.39 is 36.5 Å². The average Bonchev–Trinajstić information content (AvgIpc) is 2.45. The maximum absolute atomic E-state index is 13.8. The van der Waals surface area contributed by atoms with Crippen LogP contribution in [0.25, 0.3) is 0 Å². The Morgan fingerprint density at radius 1 is 1.30 bits per heavy atom. The highest BCUT2D eigenvalue weighted by molar-refractivity contribution is 5.85. The second-order valence-electron chi connectivity index (χ2n) is 4.22. The van der Waals surface area contributed by atoms with E-state index in [4.69, 9.17) is 5.73 Å². The third kappa shape index (κ3) is 5.83. The Kier molecular flexibility index (Phi) is 8.25. The van der Waals surface area contributed by atoms with Gasteiger partial charge in [-0.15, -0.1) is 12.4 Å². The average molecular weight is 364 g/mol. The fourth-order valence-corrected chi connectivity index (χ4v) is 1.52. The van der Waals surface area contributed by atoms with Gasteiger partial charge in [0.15, 0.2) is 0 Å². The first kappa shape index (κ1) is 21.4. The molecule has 2 N–H and O–H groups in total. The molecule has 0 saturated carbocycles. The highest BCUT2D eigenvalue weighted by Crippen LogP contribution is 2.29. The molecule has 10 heteroatoms. The van der Waals surface area contributed by atoms with Gasteiger partial charge in [-0.05, 0) is 24.6 Å². The monoisotopic (exact) mass is 363 g/mol. The van der Waals surface area contributed by atoms with Gasteiger partial charge in [-0.3, -0.25) is 0 Å². The number of nitrogens with two attached hydrogens (primary N) is 1. The van der Waals surface area contributed by atoms with Crippen LogP contribution in [0.3, 0.4) is 0 Å². The highest BCUT2D eigenvalue weighted by Gasteiger charge is 2.44. The molecule has 0 spiro atoms. The molecule has 2 atom stereocenters. The fraction of sp³-hybridized carbons (Fsp3) is 0.462. The highest BCUT2D eigenvalue weighted by atomic mass is 35.5. The minimum Gasteiger partial charge on any atom is -0.464 e. The minimum absolute atomic E-state index is 0. The third-order valence-corrected chi connectivity index (χ3v) is 2.58. The summed E-state index contributed by atoms with van der Waals surface area (Å²) >= 11 is 0. The number of carbonyl (C=O) groups is 1. The van der Waals surface area contributed by atoms with E-state index in [2.05, 4.69) is 9.47 Å². The van der Waals surface area contributed by atoms with Gasteiger partial charge in [-0.1, -0.05) is 12.1 Å². The van der Waals surface area contributed by atoms with Crippen LogP contribution in [0.15, 0.2) is 24.3 Å². The summed E-state index contributed by atoms with van der Waals surface area (Å²) in [6.45, 7) is 1.41. The van der Waals surface area contributed by atoms with Crippen molar-refractivity contribution in [2.24, 2.45) is 5.73 Å². The van der Waals surface area contributed by atoms with Crippen LogP contribution in [0, 0.1) is 0 Å². The SMILES string of the molecule is CCOC(=O)C(F)[C@H](N)c1cccc(OC(F)(F)C(F)F)c1.Cl. The molecule has 0 aliphatic rings. The van der Waals surface area contributed by atoms with Crippen LogP contribution < -0.4 is 10.5 Å². The molecule has 1 aromatic carbocycles. The second kappa shape index (κ2) is 8.88. The Morgan fingerprint density at radius 3 is 2.43 bits per heavy atom. The number of carbonyl (C=O) groups excluding carboxylic acids is 1. The molecule has 0 aliphatic carbocycles. The lowest BCUT2D eigenvalue weighted by molar-refractivity contribution is -0.253. The number of hydrogen-bond acceptors (Lipinski definition) is 4. The molecule has 0 radical (unpaired) electrons. The molecule has 1 aromatic rings. The molecule has 0 aromatic heterocycles. The van der Waals surface area contributed by atoms with E-state index in [1.165, 1.54) is 13.0 Å². The quantitative estimate of drug-likeness (QED) is 0.597. The lowest BCUT2D eigenvalue weighted by Crippen LogP contribution is -2.34. The Hall–Kier alpha value is -1.61. The van der Waals surface area contributed by atoms with Crippen molar-refractivity contribution in [3.8, 4) is 5.75 Å². The first-order valence-corrected chi connectivity index (χ1v) is 6.20. The first-order valence-electron chi connectivity index (χ1n) is 6.20. The molecule has 0 heterocycles. The smallest absolute Gasteiger partial charge is 0.461 e. The van der Waals surface area contributed by atoms with Crippen molar-refractivity contribution in [1.82, 2.24) is 0 Å². The summed E-state index contributed by atoms with van der Waals surface area (Å²) in [5.74, 6) is -1.84. The Balaban J connectivity index is 0.00000484. The van der Waals surface area contributed by atoms with E-state index in [0.717, 1.165) is 18.2 Å². The van der Waals surface area contributed by atoms with Crippen molar-refractivity contribution in [2.45, 2.75) is 31.7 Å². The van der Waals surface area contributed by atoms with E-state index in [-0.39, 0.29) is 24.6 Å². The van der Waals surface area contributed by atoms with Crippen LogP contribution in [0.5, 0.6) is 5.75 Å². The predicted molar refractivity (Wildman–Crippen MR) is 73.7 cm³/mol. The van der Waals surface area contributed by atoms with Crippen molar-refractivity contribution in [3.05, 3.63) is 29.8 Å². The standard InChI is InChI=1S/C13H14F5NO3.ClH/c1-2-21-11(20)9(14)10(19)7-4-3-5-8(6-7)22-13(17,18)12(15)16;/h3-6,9-10,12H,2,19H2,1H3;1H/t9?,10-;/m1./s1. The van der Waals surface area contributed by atoms with Crippen molar-refractivity contribution in [3.63, 3.8) is 0 Å². The Morgan fingerprint density at radius 2 is 1.91 bits per heavy atom. The van der Waals surface area contributed by atoms with Crippen molar-refractivity contribution >= 4 is 18.4 Å². The molecule has 0 fully saturated rings. The van der Waals surface area contributed by atoms with Gasteiger partial charge in [0.2, 0.25) is 6.17 Å². The Bertz CT molecular complexity index is 518. The van der Waals surface area contributed by atoms with Crippen LogP contribution in [0.2, 0.25) is 0 Å². The molecule has 0 bridgehead atoms. The predicted octanol–water partition coefficient (Wildman–Crippen LogP) is 3.25. The van der Waals surface area contributed by atoms with Gasteiger partial charge in [-0.25, -0.2) is 9.18 Å². The van der Waals surface area contributed by atoms with Gasteiger partial charge < -0.3 is 15.2 Å². The maximum atomic E-state index is 13.8. The summed E-state index contributed by atoms with van der Waals surface area (Å²) in [5.41, 5.74) is 5.41. The van der Waals surface area contributed by atoms with Crippen LogP contribution in [0.1, 0.15) is 18.5 Å². The lowest BCUT2D eigenvalue weighted by Gasteiger charge is -2.19. The number of rotatable bonds is 7. The van der Waals surface area contributed by atoms with Gasteiger partial charge in [0, 0.05) is 0 Å². The van der Waals surface area contributed by atoms with Crippen molar-refractivity contribution in [2.75, 3.05) is 6.61 Å². The summed E-state index contributed by atoms with van der Waals surface area (Å²) in [6.07, 6.45) is -11.0. The summed E-state index contributed by atoms with van der Waals surface area (Å²) in [6, 6.07) is 2.72. The van der Waals surface area contributed by atoms with E-state index in [9.17, 15) is 26.7 Å². The summed E-state index contributed by atoms with van der Waals surface area (Å²) in [4.78, 5) is 11.2. The largest absolute Gasteiger partial charge is 0.464 e. The third-order valence-electron chi connectivity index (χ3n) is 2.58. The second-order valence-corrected chi connectivity index (χ2v) is 4.22. The van der Waals surface area contributed by atoms with Gasteiger partial charge in [0.05, 0.1) is 12.6 Å². The topological polar surface area (TPSA) is 61.5 Å². The van der Waals surface area contributed by atoms with Crippen molar-refractivity contribution in [1.29, 1.82) is 0 Å². The maximum Gasteiger partial charge on any atom is 0.461 e. The van der Waals surface area contributed by atoms with E-state index in [1.807, 2.05) is 0 Å². The van der Waals surface area contributed by atoms with Gasteiger partial charge in [-0.2, -0.15) is 17.6 Å². The zero-order valence-corrected chi connectivity index (χ0v) is 12.7. The van der Waals surface area contributed by atoms with Gasteiger partial charge in [0.1, 0.15) is 5.75 Å². The van der Waals surface area contributed by atoms with Crippen LogP contribution in [-0.2, 0) is 9.53 Å². The van der Waals surface area contributed by atoms with Crippen LogP contribution in [0.4, 0.5) is 22.0 Å². The molecule has 0 aliphatic heterocycles. The van der Waals surface area contributed by atoms with Gasteiger partial charge in [0.25, 0.3) is 0 Å². The summed E-state index contributed by atoms with van der Waals surface area (Å²) < 4.78 is 71.8. The molecular formula is C13H15ClF5NO3. The number of hydrogen-bond donors (Lipinski definition) is 1. The molecule has 0 amide bonds. The minimum atomic E-state index is -4.70. The fourth-order valence-electron chi connectivity index (χ4n) is 1.52. The zero-order valence-electron chi connectivity index (χ0n) is 11.8. The van der Waals surface area contributed by atoms with E-state index >= 15 is 0 Å². The first-order chi connectivity index (χ1) is 10.2. The van der Waals surface area contributed by atoms with Gasteiger partial charge >= 0.3 is 18.5 Å². The van der Waals surface area contributed by atoms with E-state index in [0.29, 0.717) is 0 Å². The molecule has 1 unspecified atom stereocenters.